The molecule has 0 spiro atoms. The monoisotopic (exact) mass is 410 g/mol. The zero-order valence-corrected chi connectivity index (χ0v) is 18.3. The molecule has 0 bridgehead atoms. The number of benzene rings is 2. The van der Waals surface area contributed by atoms with E-state index >= 15 is 0 Å². The normalized spacial score (nSPS) is 16.7. The van der Waals surface area contributed by atoms with Gasteiger partial charge in [0.05, 0.1) is 11.7 Å². The van der Waals surface area contributed by atoms with Crippen molar-refractivity contribution in [3.8, 4) is 5.75 Å². The van der Waals surface area contributed by atoms with Gasteiger partial charge in [0.15, 0.2) is 6.10 Å². The number of carbonyl (C=O) groups is 2. The Labute approximate surface area is 178 Å². The minimum atomic E-state index is -0.599. The fourth-order valence-corrected chi connectivity index (χ4v) is 3.47. The number of fused-ring (bicyclic) bond motifs is 1. The lowest BCUT2D eigenvalue weighted by atomic mass is 10.0. The molecular weight excluding hydrogens is 380 g/mol. The summed E-state index contributed by atoms with van der Waals surface area (Å²) in [6, 6.07) is 15.3. The summed E-state index contributed by atoms with van der Waals surface area (Å²) in [6.07, 6.45) is -0.206. The largest absolute Gasteiger partial charge is 0.479 e. The summed E-state index contributed by atoms with van der Waals surface area (Å²) in [5.41, 5.74) is 1.96. The molecule has 3 rings (SSSR count). The molecule has 6 nitrogen and oxygen atoms in total. The SMILES string of the molecule is CCC(c1ccc2c(c1)NC(=O)C(C)O2)N(Cc1ccccc1)C(=O)OC(C)(C)C. The van der Waals surface area contributed by atoms with Gasteiger partial charge in [-0.15, -0.1) is 0 Å². The van der Waals surface area contributed by atoms with Crippen molar-refractivity contribution in [1.29, 1.82) is 0 Å². The van der Waals surface area contributed by atoms with E-state index in [1.54, 1.807) is 11.8 Å². The van der Waals surface area contributed by atoms with Crippen LogP contribution in [0.3, 0.4) is 0 Å². The third-order valence-electron chi connectivity index (χ3n) is 4.91. The van der Waals surface area contributed by atoms with Crippen molar-refractivity contribution >= 4 is 17.7 Å². The molecule has 0 radical (unpaired) electrons. The van der Waals surface area contributed by atoms with Gasteiger partial charge in [0.1, 0.15) is 11.4 Å². The van der Waals surface area contributed by atoms with Crippen LogP contribution >= 0.6 is 0 Å². The van der Waals surface area contributed by atoms with E-state index in [9.17, 15) is 9.59 Å². The second-order valence-electron chi connectivity index (χ2n) is 8.52. The molecule has 160 valence electrons. The fourth-order valence-electron chi connectivity index (χ4n) is 3.47. The molecule has 0 saturated heterocycles. The first-order chi connectivity index (χ1) is 14.2. The molecule has 0 saturated carbocycles. The standard InChI is InChI=1S/C24H30N2O4/c1-6-20(18-12-13-21-19(14-18)25-22(27)16(2)29-21)26(23(28)30-24(3,4)5)15-17-10-8-7-9-11-17/h7-14,16,20H,6,15H2,1-5H3,(H,25,27). The van der Waals surface area contributed by atoms with Gasteiger partial charge < -0.3 is 14.8 Å². The summed E-state index contributed by atoms with van der Waals surface area (Å²) in [4.78, 5) is 26.9. The van der Waals surface area contributed by atoms with E-state index in [0.29, 0.717) is 24.4 Å². The molecule has 1 N–H and O–H groups in total. The summed E-state index contributed by atoms with van der Waals surface area (Å²) >= 11 is 0. The maximum Gasteiger partial charge on any atom is 0.411 e. The summed E-state index contributed by atoms with van der Waals surface area (Å²) in [5, 5.41) is 2.89. The van der Waals surface area contributed by atoms with Gasteiger partial charge in [-0.1, -0.05) is 43.3 Å². The predicted octanol–water partition coefficient (Wildman–Crippen LogP) is 5.29. The van der Waals surface area contributed by atoms with Crippen molar-refractivity contribution in [1.82, 2.24) is 4.90 Å². The number of amides is 2. The smallest absolute Gasteiger partial charge is 0.411 e. The first-order valence-corrected chi connectivity index (χ1v) is 10.3. The van der Waals surface area contributed by atoms with E-state index in [2.05, 4.69) is 5.32 Å². The van der Waals surface area contributed by atoms with E-state index < -0.39 is 11.7 Å². The van der Waals surface area contributed by atoms with Gasteiger partial charge in [0.25, 0.3) is 5.91 Å². The van der Waals surface area contributed by atoms with Crippen LogP contribution in [0.25, 0.3) is 0 Å². The number of hydrogen-bond donors (Lipinski definition) is 1. The van der Waals surface area contributed by atoms with Crippen molar-refractivity contribution in [3.63, 3.8) is 0 Å². The lowest BCUT2D eigenvalue weighted by molar-refractivity contribution is -0.122. The highest BCUT2D eigenvalue weighted by Gasteiger charge is 2.30. The van der Waals surface area contributed by atoms with Gasteiger partial charge in [0, 0.05) is 6.54 Å². The number of ether oxygens (including phenoxy) is 2. The van der Waals surface area contributed by atoms with Crippen LogP contribution in [0.15, 0.2) is 48.5 Å². The quantitative estimate of drug-likeness (QED) is 0.727. The van der Waals surface area contributed by atoms with Crippen molar-refractivity contribution < 1.29 is 19.1 Å². The van der Waals surface area contributed by atoms with E-state index in [4.69, 9.17) is 9.47 Å². The molecule has 1 heterocycles. The number of hydrogen-bond acceptors (Lipinski definition) is 4. The maximum absolute atomic E-state index is 13.1. The molecule has 2 aromatic rings. The summed E-state index contributed by atoms with van der Waals surface area (Å²) in [6.45, 7) is 9.75. The highest BCUT2D eigenvalue weighted by atomic mass is 16.6. The lowest BCUT2D eigenvalue weighted by Crippen LogP contribution is -2.39. The highest BCUT2D eigenvalue weighted by molar-refractivity contribution is 5.97. The molecule has 2 atom stereocenters. The molecular formula is C24H30N2O4. The minimum absolute atomic E-state index is 0.180. The molecule has 6 heteroatoms. The molecule has 2 aromatic carbocycles. The zero-order chi connectivity index (χ0) is 21.9. The number of rotatable bonds is 5. The van der Waals surface area contributed by atoms with Crippen molar-refractivity contribution in [3.05, 3.63) is 59.7 Å². The Hall–Kier alpha value is -3.02. The van der Waals surface area contributed by atoms with Crippen LogP contribution in [0.1, 0.15) is 58.2 Å². The second-order valence-corrected chi connectivity index (χ2v) is 8.52. The first kappa shape index (κ1) is 21.7. The van der Waals surface area contributed by atoms with Gasteiger partial charge in [-0.25, -0.2) is 4.79 Å². The fraction of sp³-hybridized carbons (Fsp3) is 0.417. The average Bonchev–Trinajstić information content (AvgIpc) is 2.68. The topological polar surface area (TPSA) is 67.9 Å². The van der Waals surface area contributed by atoms with E-state index in [-0.39, 0.29) is 18.0 Å². The lowest BCUT2D eigenvalue weighted by Gasteiger charge is -2.34. The third kappa shape index (κ3) is 5.12. The van der Waals surface area contributed by atoms with Crippen molar-refractivity contribution in [2.24, 2.45) is 0 Å². The van der Waals surface area contributed by atoms with Crippen LogP contribution in [0.2, 0.25) is 0 Å². The molecule has 30 heavy (non-hydrogen) atoms. The molecule has 2 amide bonds. The number of nitrogens with one attached hydrogen (secondary N) is 1. The van der Waals surface area contributed by atoms with Crippen LogP contribution in [0.4, 0.5) is 10.5 Å². The van der Waals surface area contributed by atoms with Gasteiger partial charge in [-0.2, -0.15) is 0 Å². The van der Waals surface area contributed by atoms with Gasteiger partial charge in [-0.05, 0) is 57.4 Å². The summed E-state index contributed by atoms with van der Waals surface area (Å²) < 4.78 is 11.4. The number of anilines is 1. The number of nitrogens with zero attached hydrogens (tertiary/aromatic N) is 1. The Morgan fingerprint density at radius 2 is 1.90 bits per heavy atom. The predicted molar refractivity (Wildman–Crippen MR) is 116 cm³/mol. The molecule has 2 unspecified atom stereocenters. The second kappa shape index (κ2) is 8.78. The van der Waals surface area contributed by atoms with Crippen LogP contribution < -0.4 is 10.1 Å². The van der Waals surface area contributed by atoms with Gasteiger partial charge >= 0.3 is 6.09 Å². The number of carbonyl (C=O) groups excluding carboxylic acids is 2. The van der Waals surface area contributed by atoms with Crippen LogP contribution in [0, 0.1) is 0 Å². The minimum Gasteiger partial charge on any atom is -0.479 e. The Balaban J connectivity index is 1.94. The molecule has 0 aliphatic carbocycles. The Morgan fingerprint density at radius 3 is 2.53 bits per heavy atom. The maximum atomic E-state index is 13.1. The van der Waals surface area contributed by atoms with Crippen LogP contribution in [-0.2, 0) is 16.1 Å². The third-order valence-corrected chi connectivity index (χ3v) is 4.91. The van der Waals surface area contributed by atoms with Crippen molar-refractivity contribution in [2.75, 3.05) is 5.32 Å². The summed E-state index contributed by atoms with van der Waals surface area (Å²) in [5.74, 6) is 0.452. The molecule has 1 aliphatic rings. The Bertz CT molecular complexity index is 905. The van der Waals surface area contributed by atoms with Crippen molar-refractivity contribution in [2.45, 2.75) is 65.3 Å². The van der Waals surface area contributed by atoms with Crippen LogP contribution in [-0.4, -0.2) is 28.6 Å². The molecule has 0 aromatic heterocycles. The summed E-state index contributed by atoms with van der Waals surface area (Å²) in [7, 11) is 0. The van der Waals surface area contributed by atoms with E-state index in [1.807, 2.05) is 76.2 Å². The van der Waals surface area contributed by atoms with Crippen LogP contribution in [0.5, 0.6) is 5.75 Å². The highest BCUT2D eigenvalue weighted by Crippen LogP contribution is 2.35. The van der Waals surface area contributed by atoms with Gasteiger partial charge in [0.2, 0.25) is 0 Å². The molecule has 0 fully saturated rings. The van der Waals surface area contributed by atoms with E-state index in [1.165, 1.54) is 0 Å². The van der Waals surface area contributed by atoms with Gasteiger partial charge in [-0.3, -0.25) is 9.69 Å². The molecule has 1 aliphatic heterocycles. The Kier molecular flexibility index (Phi) is 6.34. The average molecular weight is 411 g/mol. The Morgan fingerprint density at radius 1 is 1.20 bits per heavy atom. The first-order valence-electron chi connectivity index (χ1n) is 10.3. The zero-order valence-electron chi connectivity index (χ0n) is 18.3. The van der Waals surface area contributed by atoms with E-state index in [0.717, 1.165) is 11.1 Å².